The molecular formula is C37H42N6O3. The van der Waals surface area contributed by atoms with Crippen LogP contribution in [0.15, 0.2) is 83.8 Å². The number of carbonyl (C=O) groups excluding carboxylic acids is 1. The fourth-order valence-electron chi connectivity index (χ4n) is 6.21. The van der Waals surface area contributed by atoms with Gasteiger partial charge in [0.05, 0.1) is 16.6 Å². The molecule has 5 aromatic rings. The molecule has 1 amide bonds. The number of carbonyl (C=O) groups is 1. The topological polar surface area (TPSA) is 117 Å². The number of anilines is 1. The van der Waals surface area contributed by atoms with Crippen LogP contribution in [-0.2, 0) is 6.42 Å². The molecule has 0 aliphatic carbocycles. The van der Waals surface area contributed by atoms with Crippen molar-refractivity contribution < 1.29 is 9.90 Å². The first kappa shape index (κ1) is 31.3. The summed E-state index contributed by atoms with van der Waals surface area (Å²) < 4.78 is 0. The fourth-order valence-corrected chi connectivity index (χ4v) is 6.21. The molecule has 1 atom stereocenters. The van der Waals surface area contributed by atoms with E-state index in [2.05, 4.69) is 63.1 Å². The lowest BCUT2D eigenvalue weighted by Gasteiger charge is -2.27. The SMILES string of the molecule is CCN(C)CCC1(C)CCN(CCc2ccc(NC(=O)c3ccc4nc(-c5cc(-c6ccc[nH]c6=O)ccc5O)[nH]c4c3)cc2)C1. The molecule has 0 spiro atoms. The highest BCUT2D eigenvalue weighted by atomic mass is 16.3. The third kappa shape index (κ3) is 7.06. The summed E-state index contributed by atoms with van der Waals surface area (Å²) >= 11 is 0. The third-order valence-corrected chi connectivity index (χ3v) is 9.33. The monoisotopic (exact) mass is 618 g/mol. The number of hydrogen-bond acceptors (Lipinski definition) is 6. The van der Waals surface area contributed by atoms with Gasteiger partial charge in [0.1, 0.15) is 11.6 Å². The number of nitrogens with zero attached hydrogens (tertiary/aromatic N) is 3. The van der Waals surface area contributed by atoms with Gasteiger partial charge in [-0.05, 0) is 117 Å². The van der Waals surface area contributed by atoms with Crippen LogP contribution in [0, 0.1) is 5.41 Å². The van der Waals surface area contributed by atoms with Gasteiger partial charge >= 0.3 is 0 Å². The van der Waals surface area contributed by atoms with Gasteiger partial charge in [0, 0.05) is 36.1 Å². The third-order valence-electron chi connectivity index (χ3n) is 9.33. The number of amides is 1. The lowest BCUT2D eigenvalue weighted by atomic mass is 9.86. The van der Waals surface area contributed by atoms with E-state index in [0.29, 0.717) is 44.5 Å². The van der Waals surface area contributed by atoms with Crippen molar-refractivity contribution in [2.75, 3.05) is 45.1 Å². The summed E-state index contributed by atoms with van der Waals surface area (Å²) in [5.74, 6) is 0.257. The number of hydrogen-bond donors (Lipinski definition) is 4. The largest absolute Gasteiger partial charge is 0.507 e. The number of nitrogens with one attached hydrogen (secondary N) is 3. The second kappa shape index (κ2) is 13.3. The molecule has 9 nitrogen and oxygen atoms in total. The van der Waals surface area contributed by atoms with E-state index in [0.717, 1.165) is 44.8 Å². The lowest BCUT2D eigenvalue weighted by molar-refractivity contribution is 0.102. The normalized spacial score (nSPS) is 16.8. The van der Waals surface area contributed by atoms with Gasteiger partial charge in [-0.15, -0.1) is 0 Å². The highest BCUT2D eigenvalue weighted by molar-refractivity contribution is 6.06. The molecule has 2 aromatic heterocycles. The van der Waals surface area contributed by atoms with E-state index < -0.39 is 0 Å². The quantitative estimate of drug-likeness (QED) is 0.141. The summed E-state index contributed by atoms with van der Waals surface area (Å²) in [4.78, 5) is 41.0. The van der Waals surface area contributed by atoms with Crippen molar-refractivity contribution in [2.24, 2.45) is 5.41 Å². The summed E-state index contributed by atoms with van der Waals surface area (Å²) in [6.45, 7) is 10.3. The molecule has 4 N–H and O–H groups in total. The molecule has 9 heteroatoms. The maximum absolute atomic E-state index is 13.2. The minimum Gasteiger partial charge on any atom is -0.507 e. The lowest BCUT2D eigenvalue weighted by Crippen LogP contribution is -2.30. The number of imidazole rings is 1. The Morgan fingerprint density at radius 1 is 1.09 bits per heavy atom. The number of pyridine rings is 1. The van der Waals surface area contributed by atoms with Gasteiger partial charge in [-0.3, -0.25) is 9.59 Å². The highest BCUT2D eigenvalue weighted by Crippen LogP contribution is 2.34. The van der Waals surface area contributed by atoms with Crippen molar-refractivity contribution >= 4 is 22.6 Å². The van der Waals surface area contributed by atoms with Crippen LogP contribution < -0.4 is 10.9 Å². The molecule has 1 saturated heterocycles. The van der Waals surface area contributed by atoms with E-state index >= 15 is 0 Å². The number of aromatic hydroxyl groups is 1. The Balaban J connectivity index is 1.07. The molecule has 1 aliphatic heterocycles. The van der Waals surface area contributed by atoms with E-state index in [1.807, 2.05) is 12.1 Å². The molecule has 3 heterocycles. The molecule has 1 fully saturated rings. The van der Waals surface area contributed by atoms with Crippen LogP contribution in [0.2, 0.25) is 0 Å². The van der Waals surface area contributed by atoms with Gasteiger partial charge in [-0.25, -0.2) is 4.98 Å². The first-order valence-corrected chi connectivity index (χ1v) is 16.0. The zero-order chi connectivity index (χ0) is 32.3. The molecular weight excluding hydrogens is 576 g/mol. The van der Waals surface area contributed by atoms with Crippen LogP contribution in [-0.4, -0.2) is 75.5 Å². The molecule has 0 bridgehead atoms. The van der Waals surface area contributed by atoms with Gasteiger partial charge in [0.2, 0.25) is 0 Å². The predicted molar refractivity (Wildman–Crippen MR) is 184 cm³/mol. The molecule has 0 saturated carbocycles. The molecule has 0 radical (unpaired) electrons. The summed E-state index contributed by atoms with van der Waals surface area (Å²) in [5, 5.41) is 13.6. The standard InChI is InChI=1S/C37H42N6O3/c1-4-42(3)20-16-37(2)17-21-43(24-37)19-15-25-7-11-28(12-8-25)39-35(45)27-9-13-31-32(23-27)41-34(40-31)30-22-26(10-14-33(30)44)29-6-5-18-38-36(29)46/h5-14,18,22-23,44H,4,15-17,19-21,24H2,1-3H3,(H,38,46)(H,39,45)(H,40,41). The number of aromatic nitrogens is 3. The number of fused-ring (bicyclic) bond motifs is 1. The van der Waals surface area contributed by atoms with Crippen LogP contribution in [0.3, 0.4) is 0 Å². The van der Waals surface area contributed by atoms with E-state index in [9.17, 15) is 14.7 Å². The van der Waals surface area contributed by atoms with Crippen molar-refractivity contribution in [3.05, 3.63) is 100 Å². The average molecular weight is 619 g/mol. The second-order valence-electron chi connectivity index (χ2n) is 12.8. The summed E-state index contributed by atoms with van der Waals surface area (Å²) in [6.07, 6.45) is 5.06. The van der Waals surface area contributed by atoms with Crippen molar-refractivity contribution in [2.45, 2.75) is 33.1 Å². The molecule has 1 aliphatic rings. The molecule has 1 unspecified atom stereocenters. The minimum absolute atomic E-state index is 0.0333. The Hall–Kier alpha value is -4.73. The van der Waals surface area contributed by atoms with E-state index in [1.54, 1.807) is 54.7 Å². The highest BCUT2D eigenvalue weighted by Gasteiger charge is 2.33. The van der Waals surface area contributed by atoms with Crippen molar-refractivity contribution in [3.8, 4) is 28.3 Å². The fraction of sp³-hybridized carbons (Fsp3) is 0.324. The van der Waals surface area contributed by atoms with Gasteiger partial charge in [0.15, 0.2) is 0 Å². The van der Waals surface area contributed by atoms with Crippen LogP contribution in [0.5, 0.6) is 5.75 Å². The van der Waals surface area contributed by atoms with Crippen molar-refractivity contribution in [1.29, 1.82) is 0 Å². The van der Waals surface area contributed by atoms with E-state index in [-0.39, 0.29) is 17.2 Å². The minimum atomic E-state index is -0.219. The van der Waals surface area contributed by atoms with E-state index in [1.165, 1.54) is 18.4 Å². The van der Waals surface area contributed by atoms with Gasteiger partial charge in [0.25, 0.3) is 11.5 Å². The average Bonchev–Trinajstić information content (AvgIpc) is 3.67. The zero-order valence-corrected chi connectivity index (χ0v) is 26.8. The summed E-state index contributed by atoms with van der Waals surface area (Å²) in [7, 11) is 2.20. The Kier molecular flexibility index (Phi) is 9.05. The number of H-pyrrole nitrogens is 2. The summed E-state index contributed by atoms with van der Waals surface area (Å²) in [5.41, 5.74) is 5.60. The Morgan fingerprint density at radius 3 is 2.70 bits per heavy atom. The smallest absolute Gasteiger partial charge is 0.255 e. The first-order valence-electron chi connectivity index (χ1n) is 16.0. The van der Waals surface area contributed by atoms with Crippen molar-refractivity contribution in [3.63, 3.8) is 0 Å². The first-order chi connectivity index (χ1) is 22.2. The number of aromatic amines is 2. The van der Waals surface area contributed by atoms with Gasteiger partial charge in [-0.2, -0.15) is 0 Å². The number of likely N-dealkylation sites (tertiary alicyclic amines) is 1. The Bertz CT molecular complexity index is 1900. The van der Waals surface area contributed by atoms with Gasteiger partial charge in [-0.1, -0.05) is 32.0 Å². The van der Waals surface area contributed by atoms with Crippen LogP contribution in [0.4, 0.5) is 5.69 Å². The number of phenols is 1. The van der Waals surface area contributed by atoms with Crippen LogP contribution >= 0.6 is 0 Å². The maximum atomic E-state index is 13.2. The number of benzene rings is 3. The van der Waals surface area contributed by atoms with Crippen LogP contribution in [0.25, 0.3) is 33.5 Å². The number of rotatable bonds is 11. The van der Waals surface area contributed by atoms with Crippen LogP contribution in [0.1, 0.15) is 42.6 Å². The molecule has 3 aromatic carbocycles. The number of phenolic OH excluding ortho intramolecular Hbond substituents is 1. The van der Waals surface area contributed by atoms with Gasteiger partial charge < -0.3 is 30.2 Å². The predicted octanol–water partition coefficient (Wildman–Crippen LogP) is 6.14. The molecule has 238 valence electrons. The Labute approximate surface area is 269 Å². The Morgan fingerprint density at radius 2 is 1.91 bits per heavy atom. The zero-order valence-electron chi connectivity index (χ0n) is 26.8. The van der Waals surface area contributed by atoms with E-state index in [4.69, 9.17) is 0 Å². The molecule has 46 heavy (non-hydrogen) atoms. The second-order valence-corrected chi connectivity index (χ2v) is 12.8. The van der Waals surface area contributed by atoms with Crippen molar-refractivity contribution in [1.82, 2.24) is 24.8 Å². The summed E-state index contributed by atoms with van der Waals surface area (Å²) in [6, 6.07) is 21.8. The molecule has 6 rings (SSSR count). The maximum Gasteiger partial charge on any atom is 0.255 e.